The maximum atomic E-state index is 12.7. The monoisotopic (exact) mass is 836 g/mol. The number of esters is 2. The van der Waals surface area contributed by atoms with Gasteiger partial charge in [0.15, 0.2) is 6.10 Å². The third-order valence-corrected chi connectivity index (χ3v) is 10.5. The topological polar surface area (TPSA) is 111 Å². The fourth-order valence-electron chi connectivity index (χ4n) is 5.85. The smallest absolute Gasteiger partial charge is 0.306 e. The first-order chi connectivity index (χ1) is 28.0. The summed E-state index contributed by atoms with van der Waals surface area (Å²) in [6.45, 7) is 4.12. The summed E-state index contributed by atoms with van der Waals surface area (Å²) in [4.78, 5) is 37.6. The lowest BCUT2D eigenvalue weighted by molar-refractivity contribution is -0.870. The van der Waals surface area contributed by atoms with Crippen LogP contribution in [-0.4, -0.2) is 70.0 Å². The van der Waals surface area contributed by atoms with Crippen molar-refractivity contribution in [1.29, 1.82) is 0 Å². The summed E-state index contributed by atoms with van der Waals surface area (Å²) in [6.07, 6.45) is 48.1. The van der Waals surface area contributed by atoms with E-state index in [4.69, 9.17) is 18.5 Å². The van der Waals surface area contributed by atoms with Crippen LogP contribution in [0.4, 0.5) is 0 Å². The van der Waals surface area contributed by atoms with Crippen LogP contribution in [0.25, 0.3) is 0 Å². The number of hydrogen-bond acceptors (Lipinski definition) is 8. The molecule has 0 amide bonds. The van der Waals surface area contributed by atoms with Gasteiger partial charge in [0.25, 0.3) is 7.82 Å². The summed E-state index contributed by atoms with van der Waals surface area (Å²) < 4.78 is 33.9. The minimum absolute atomic E-state index is 0.0388. The summed E-state index contributed by atoms with van der Waals surface area (Å²) in [5.74, 6) is -0.876. The van der Waals surface area contributed by atoms with Crippen LogP contribution in [0.5, 0.6) is 0 Å². The van der Waals surface area contributed by atoms with Gasteiger partial charge in [-0.2, -0.15) is 0 Å². The molecule has 336 valence electrons. The van der Waals surface area contributed by atoms with Crippen molar-refractivity contribution in [3.8, 4) is 0 Å². The first-order valence-corrected chi connectivity index (χ1v) is 24.5. The number of rotatable bonds is 41. The minimum Gasteiger partial charge on any atom is -0.756 e. The molecular formula is C48H86NO8P. The second-order valence-electron chi connectivity index (χ2n) is 16.4. The summed E-state index contributed by atoms with van der Waals surface area (Å²) in [5.41, 5.74) is 0. The molecular weight excluding hydrogens is 750 g/mol. The molecule has 0 aliphatic heterocycles. The second kappa shape index (κ2) is 40.1. The van der Waals surface area contributed by atoms with Gasteiger partial charge in [-0.3, -0.25) is 14.2 Å². The molecule has 0 N–H and O–H groups in total. The van der Waals surface area contributed by atoms with Crippen LogP contribution in [0.15, 0.2) is 60.8 Å². The van der Waals surface area contributed by atoms with E-state index in [1.54, 1.807) is 0 Å². The van der Waals surface area contributed by atoms with Gasteiger partial charge in [-0.05, 0) is 77.0 Å². The predicted molar refractivity (Wildman–Crippen MR) is 240 cm³/mol. The third kappa shape index (κ3) is 43.3. The number of nitrogens with zero attached hydrogens (tertiary/aromatic N) is 1. The summed E-state index contributed by atoms with van der Waals surface area (Å²) in [7, 11) is 1.14. The summed E-state index contributed by atoms with van der Waals surface area (Å²) >= 11 is 0. The fourth-order valence-corrected chi connectivity index (χ4v) is 6.58. The van der Waals surface area contributed by atoms with E-state index in [0.717, 1.165) is 57.8 Å². The molecule has 0 saturated carbocycles. The van der Waals surface area contributed by atoms with E-state index >= 15 is 0 Å². The number of likely N-dealkylation sites (N-methyl/N-ethyl adjacent to an activating group) is 1. The highest BCUT2D eigenvalue weighted by atomic mass is 31.2. The van der Waals surface area contributed by atoms with E-state index in [-0.39, 0.29) is 26.1 Å². The Balaban J connectivity index is 4.40. The van der Waals surface area contributed by atoms with Gasteiger partial charge in [0, 0.05) is 12.8 Å². The lowest BCUT2D eigenvalue weighted by Gasteiger charge is -2.28. The molecule has 0 aromatic carbocycles. The number of hydrogen-bond donors (Lipinski definition) is 0. The van der Waals surface area contributed by atoms with Gasteiger partial charge in [0.1, 0.15) is 19.8 Å². The number of carbonyl (C=O) groups excluding carboxylic acids is 2. The number of carbonyl (C=O) groups is 2. The van der Waals surface area contributed by atoms with Crippen LogP contribution in [0, 0.1) is 0 Å². The fraction of sp³-hybridized carbons (Fsp3) is 0.750. The zero-order chi connectivity index (χ0) is 42.8. The highest BCUT2D eigenvalue weighted by Crippen LogP contribution is 2.38. The molecule has 58 heavy (non-hydrogen) atoms. The molecule has 0 aromatic rings. The Kier molecular flexibility index (Phi) is 38.5. The number of phosphoric ester groups is 1. The van der Waals surface area contributed by atoms with Crippen molar-refractivity contribution >= 4 is 19.8 Å². The molecule has 0 rings (SSSR count). The number of quaternary nitrogens is 1. The lowest BCUT2D eigenvalue weighted by Crippen LogP contribution is -2.37. The highest BCUT2D eigenvalue weighted by molar-refractivity contribution is 7.45. The van der Waals surface area contributed by atoms with Crippen molar-refractivity contribution in [1.82, 2.24) is 0 Å². The number of allylic oxidation sites excluding steroid dienone is 10. The van der Waals surface area contributed by atoms with Crippen molar-refractivity contribution in [2.45, 2.75) is 187 Å². The largest absolute Gasteiger partial charge is 0.756 e. The van der Waals surface area contributed by atoms with Gasteiger partial charge < -0.3 is 27.9 Å². The maximum absolute atomic E-state index is 12.7. The van der Waals surface area contributed by atoms with Gasteiger partial charge in [0.05, 0.1) is 27.7 Å². The molecule has 10 heteroatoms. The Morgan fingerprint density at radius 3 is 1.47 bits per heavy atom. The van der Waals surface area contributed by atoms with Gasteiger partial charge >= 0.3 is 11.9 Å². The van der Waals surface area contributed by atoms with Crippen LogP contribution < -0.4 is 4.89 Å². The van der Waals surface area contributed by atoms with E-state index in [1.165, 1.54) is 83.5 Å². The van der Waals surface area contributed by atoms with Crippen LogP contribution in [0.1, 0.15) is 181 Å². The van der Waals surface area contributed by atoms with Crippen LogP contribution in [0.2, 0.25) is 0 Å². The molecule has 9 nitrogen and oxygen atoms in total. The van der Waals surface area contributed by atoms with Gasteiger partial charge in [-0.25, -0.2) is 0 Å². The van der Waals surface area contributed by atoms with Crippen molar-refractivity contribution in [2.24, 2.45) is 0 Å². The Bertz CT molecular complexity index is 1170. The van der Waals surface area contributed by atoms with E-state index in [1.807, 2.05) is 21.1 Å². The van der Waals surface area contributed by atoms with Gasteiger partial charge in [-0.15, -0.1) is 0 Å². The van der Waals surface area contributed by atoms with Crippen LogP contribution >= 0.6 is 7.82 Å². The Hall–Kier alpha value is -2.29. The number of ether oxygens (including phenoxy) is 2. The maximum Gasteiger partial charge on any atom is 0.306 e. The Labute approximate surface area is 356 Å². The molecule has 0 radical (unpaired) electrons. The highest BCUT2D eigenvalue weighted by Gasteiger charge is 2.21. The third-order valence-electron chi connectivity index (χ3n) is 9.51. The average molecular weight is 836 g/mol. The van der Waals surface area contributed by atoms with E-state index in [9.17, 15) is 19.0 Å². The average Bonchev–Trinajstić information content (AvgIpc) is 3.17. The summed E-state index contributed by atoms with van der Waals surface area (Å²) in [6, 6.07) is 0. The standard InChI is InChI=1S/C48H86NO8P/c1-6-8-10-12-14-16-18-20-22-23-24-25-27-28-30-32-34-36-38-40-47(50)54-44-46(45-56-58(52,53)55-43-42-49(3,4)5)57-48(51)41-39-37-35-33-31-29-26-21-19-17-15-13-11-9-7-2/h13-16,20,22,24-25,28,30,46H,6-12,17-19,21,23,26-27,29,31-45H2,1-5H3/b15-13+,16-14+,22-20+,25-24+,30-28+/t46-/m1/s1. The Morgan fingerprint density at radius 2 is 0.948 bits per heavy atom. The van der Waals surface area contributed by atoms with Crippen LogP contribution in [0.3, 0.4) is 0 Å². The molecule has 0 aliphatic carbocycles. The molecule has 0 bridgehead atoms. The first kappa shape index (κ1) is 55.7. The van der Waals surface area contributed by atoms with Gasteiger partial charge in [-0.1, -0.05) is 152 Å². The zero-order valence-corrected chi connectivity index (χ0v) is 38.6. The minimum atomic E-state index is -4.64. The van der Waals surface area contributed by atoms with E-state index in [2.05, 4.69) is 74.6 Å². The SMILES string of the molecule is CCCC/C=C/CCCCCCCCCCCC(=O)O[C@H](COC(=O)CCCCC/C=C/C/C=C/C/C=C/C/C=C/CCCCC)COP(=O)([O-])OCC[N+](C)(C)C. The van der Waals surface area contributed by atoms with Gasteiger partial charge in [0.2, 0.25) is 0 Å². The van der Waals surface area contributed by atoms with Crippen molar-refractivity contribution in [2.75, 3.05) is 47.5 Å². The molecule has 0 heterocycles. The molecule has 0 aliphatic rings. The van der Waals surface area contributed by atoms with E-state index < -0.39 is 32.5 Å². The second-order valence-corrected chi connectivity index (χ2v) is 17.8. The predicted octanol–water partition coefficient (Wildman–Crippen LogP) is 12.6. The zero-order valence-electron chi connectivity index (χ0n) is 37.7. The molecule has 0 saturated heterocycles. The normalized spacial score (nSPS) is 14.1. The molecule has 0 fully saturated rings. The van der Waals surface area contributed by atoms with Crippen molar-refractivity contribution < 1.29 is 42.1 Å². The van der Waals surface area contributed by atoms with Crippen molar-refractivity contribution in [3.05, 3.63) is 60.8 Å². The molecule has 0 aromatic heterocycles. The quantitative estimate of drug-likeness (QED) is 0.0197. The first-order valence-electron chi connectivity index (χ1n) is 23.0. The molecule has 1 unspecified atom stereocenters. The number of unbranched alkanes of at least 4 members (excludes halogenated alkanes) is 17. The van der Waals surface area contributed by atoms with Crippen LogP contribution in [-0.2, 0) is 32.7 Å². The summed E-state index contributed by atoms with van der Waals surface area (Å²) in [5, 5.41) is 0. The Morgan fingerprint density at radius 1 is 0.534 bits per heavy atom. The molecule has 0 spiro atoms. The lowest BCUT2D eigenvalue weighted by atomic mass is 10.1. The van der Waals surface area contributed by atoms with E-state index in [0.29, 0.717) is 23.9 Å². The number of phosphoric acid groups is 1. The van der Waals surface area contributed by atoms with Crippen molar-refractivity contribution in [3.63, 3.8) is 0 Å². The molecule has 2 atom stereocenters.